The van der Waals surface area contributed by atoms with Gasteiger partial charge in [-0.25, -0.2) is 9.78 Å². The van der Waals surface area contributed by atoms with Gasteiger partial charge in [0.1, 0.15) is 6.26 Å². The molecule has 1 aromatic carbocycles. The van der Waals surface area contributed by atoms with Crippen molar-refractivity contribution in [3.05, 3.63) is 47.7 Å². The fourth-order valence-corrected chi connectivity index (χ4v) is 2.60. The Hall–Kier alpha value is -1.85. The minimum Gasteiger partial charge on any atom is -0.612 e. The summed E-state index contributed by atoms with van der Waals surface area (Å²) in [7, 11) is 0. The molecule has 1 atom stereocenters. The zero-order valence-corrected chi connectivity index (χ0v) is 11.4. The van der Waals surface area contributed by atoms with E-state index in [2.05, 4.69) is 4.98 Å². The van der Waals surface area contributed by atoms with E-state index in [9.17, 15) is 14.5 Å². The molecule has 4 nitrogen and oxygen atoms in total. The molecule has 1 heterocycles. The fraction of sp³-hybridized carbons (Fsp3) is 0.143. The molecular weight excluding hydrogens is 262 g/mol. The van der Waals surface area contributed by atoms with Crippen LogP contribution in [0.5, 0.6) is 0 Å². The van der Waals surface area contributed by atoms with Crippen LogP contribution in [0.3, 0.4) is 0 Å². The lowest BCUT2D eigenvalue weighted by molar-refractivity contribution is 0.0697. The third kappa shape index (κ3) is 2.77. The molecule has 0 saturated carbocycles. The van der Waals surface area contributed by atoms with Crippen LogP contribution < -0.4 is 0 Å². The second-order valence-corrected chi connectivity index (χ2v) is 5.44. The lowest BCUT2D eigenvalue weighted by atomic mass is 10.1. The number of carbonyl (C=O) groups is 1. The van der Waals surface area contributed by atoms with Crippen LogP contribution in [0.4, 0.5) is 0 Å². The Morgan fingerprint density at radius 1 is 1.32 bits per heavy atom. The molecule has 0 aliphatic carbocycles. The number of carboxylic acids is 1. The maximum Gasteiger partial charge on any atom is 0.338 e. The molecule has 2 rings (SSSR count). The third-order valence-corrected chi connectivity index (χ3v) is 3.79. The Morgan fingerprint density at radius 2 is 1.95 bits per heavy atom. The van der Waals surface area contributed by atoms with E-state index >= 15 is 0 Å². The van der Waals surface area contributed by atoms with Crippen molar-refractivity contribution in [2.24, 2.45) is 0 Å². The first-order valence-electron chi connectivity index (χ1n) is 5.64. The summed E-state index contributed by atoms with van der Waals surface area (Å²) < 4.78 is 11.6. The second-order valence-electron chi connectivity index (χ2n) is 4.09. The van der Waals surface area contributed by atoms with Gasteiger partial charge in [-0.15, -0.1) is 0 Å². The van der Waals surface area contributed by atoms with Gasteiger partial charge >= 0.3 is 5.97 Å². The van der Waals surface area contributed by atoms with E-state index in [1.807, 2.05) is 18.2 Å². The molecule has 5 heteroatoms. The van der Waals surface area contributed by atoms with Gasteiger partial charge in [0.05, 0.1) is 17.0 Å². The molecule has 1 unspecified atom stereocenters. The topological polar surface area (TPSA) is 73.2 Å². The molecule has 0 aliphatic heterocycles. The monoisotopic (exact) mass is 275 g/mol. The SMILES string of the molecule is Cc1nc(-c2ccccc2)c(C(=O)O)cc1[S+](C)[O-]. The van der Waals surface area contributed by atoms with Crippen LogP contribution in [0.2, 0.25) is 0 Å². The average molecular weight is 275 g/mol. The minimum atomic E-state index is -1.26. The van der Waals surface area contributed by atoms with E-state index in [0.717, 1.165) is 5.56 Å². The summed E-state index contributed by atoms with van der Waals surface area (Å²) in [5.41, 5.74) is 1.79. The minimum absolute atomic E-state index is 0.0713. The summed E-state index contributed by atoms with van der Waals surface area (Å²) >= 11 is -1.26. The van der Waals surface area contributed by atoms with Crippen LogP contribution in [-0.4, -0.2) is 26.9 Å². The van der Waals surface area contributed by atoms with Gasteiger partial charge in [0.15, 0.2) is 4.90 Å². The maximum absolute atomic E-state index is 11.6. The Morgan fingerprint density at radius 3 is 2.47 bits per heavy atom. The number of pyridine rings is 1. The molecule has 0 saturated heterocycles. The first kappa shape index (κ1) is 13.6. The Labute approximate surface area is 114 Å². The Balaban J connectivity index is 2.67. The molecule has 2 aromatic rings. The van der Waals surface area contributed by atoms with Crippen LogP contribution in [-0.2, 0) is 11.2 Å². The van der Waals surface area contributed by atoms with Gasteiger partial charge in [0.25, 0.3) is 0 Å². The van der Waals surface area contributed by atoms with Crippen LogP contribution in [0.1, 0.15) is 16.1 Å². The zero-order valence-electron chi connectivity index (χ0n) is 10.6. The van der Waals surface area contributed by atoms with E-state index < -0.39 is 17.1 Å². The van der Waals surface area contributed by atoms with Gasteiger partial charge < -0.3 is 9.66 Å². The highest BCUT2D eigenvalue weighted by atomic mass is 32.2. The highest BCUT2D eigenvalue weighted by Crippen LogP contribution is 2.26. The lowest BCUT2D eigenvalue weighted by Gasteiger charge is -2.11. The number of carboxylic acid groups (broad SMARTS) is 1. The predicted molar refractivity (Wildman–Crippen MR) is 73.7 cm³/mol. The van der Waals surface area contributed by atoms with E-state index in [0.29, 0.717) is 16.3 Å². The molecule has 0 radical (unpaired) electrons. The lowest BCUT2D eigenvalue weighted by Crippen LogP contribution is -2.09. The van der Waals surface area contributed by atoms with Crippen molar-refractivity contribution in [1.82, 2.24) is 4.98 Å². The molecule has 0 amide bonds. The zero-order chi connectivity index (χ0) is 14.0. The molecule has 0 fully saturated rings. The standard InChI is InChI=1S/C14H13NO3S/c1-9-12(19(2)18)8-11(14(16)17)13(15-9)10-6-4-3-5-7-10/h3-8H,1-2H3,(H,16,17). The Bertz CT molecular complexity index is 612. The first-order valence-corrected chi connectivity index (χ1v) is 7.20. The van der Waals surface area contributed by atoms with Gasteiger partial charge in [-0.3, -0.25) is 0 Å². The summed E-state index contributed by atoms with van der Waals surface area (Å²) in [6, 6.07) is 10.6. The number of rotatable bonds is 3. The predicted octanol–water partition coefficient (Wildman–Crippen LogP) is 2.49. The third-order valence-electron chi connectivity index (χ3n) is 2.75. The number of nitrogens with zero attached hydrogens (tertiary/aromatic N) is 1. The van der Waals surface area contributed by atoms with Crippen LogP contribution >= 0.6 is 0 Å². The molecule has 0 bridgehead atoms. The van der Waals surface area contributed by atoms with Gasteiger partial charge in [-0.2, -0.15) is 0 Å². The van der Waals surface area contributed by atoms with Gasteiger partial charge in [-0.1, -0.05) is 30.3 Å². The van der Waals surface area contributed by atoms with Crippen LogP contribution in [0.25, 0.3) is 11.3 Å². The first-order chi connectivity index (χ1) is 9.00. The molecule has 98 valence electrons. The average Bonchev–Trinajstić information content (AvgIpc) is 2.38. The van der Waals surface area contributed by atoms with E-state index in [1.165, 1.54) is 12.3 Å². The van der Waals surface area contributed by atoms with Crippen molar-refractivity contribution in [3.8, 4) is 11.3 Å². The van der Waals surface area contributed by atoms with Crippen molar-refractivity contribution in [1.29, 1.82) is 0 Å². The molecule has 19 heavy (non-hydrogen) atoms. The van der Waals surface area contributed by atoms with Crippen molar-refractivity contribution < 1.29 is 14.5 Å². The molecule has 0 spiro atoms. The number of aryl methyl sites for hydroxylation is 1. The van der Waals surface area contributed by atoms with Crippen LogP contribution in [0, 0.1) is 6.92 Å². The number of hydrogen-bond donors (Lipinski definition) is 1. The van der Waals surface area contributed by atoms with Gasteiger partial charge in [0, 0.05) is 11.6 Å². The van der Waals surface area contributed by atoms with Crippen molar-refractivity contribution in [3.63, 3.8) is 0 Å². The summed E-state index contributed by atoms with van der Waals surface area (Å²) in [5, 5.41) is 9.29. The van der Waals surface area contributed by atoms with E-state index in [1.54, 1.807) is 19.1 Å². The van der Waals surface area contributed by atoms with E-state index in [-0.39, 0.29) is 5.56 Å². The van der Waals surface area contributed by atoms with Gasteiger partial charge in [0.2, 0.25) is 0 Å². The summed E-state index contributed by atoms with van der Waals surface area (Å²) in [4.78, 5) is 16.1. The van der Waals surface area contributed by atoms with Crippen molar-refractivity contribution >= 4 is 17.1 Å². The van der Waals surface area contributed by atoms with Crippen molar-refractivity contribution in [2.75, 3.05) is 6.26 Å². The summed E-state index contributed by atoms with van der Waals surface area (Å²) in [6.45, 7) is 1.73. The quantitative estimate of drug-likeness (QED) is 0.873. The van der Waals surface area contributed by atoms with Gasteiger partial charge in [-0.05, 0) is 18.1 Å². The fourth-order valence-electron chi connectivity index (χ4n) is 1.86. The normalized spacial score (nSPS) is 12.2. The van der Waals surface area contributed by atoms with Crippen molar-refractivity contribution in [2.45, 2.75) is 11.8 Å². The molecule has 0 aliphatic rings. The van der Waals surface area contributed by atoms with E-state index in [4.69, 9.17) is 0 Å². The number of aromatic nitrogens is 1. The highest BCUT2D eigenvalue weighted by molar-refractivity contribution is 7.90. The molecular formula is C14H13NO3S. The summed E-state index contributed by atoms with van der Waals surface area (Å²) in [6.07, 6.45) is 1.51. The largest absolute Gasteiger partial charge is 0.612 e. The second kappa shape index (κ2) is 5.42. The maximum atomic E-state index is 11.6. The Kier molecular flexibility index (Phi) is 3.87. The number of aromatic carboxylic acids is 1. The number of benzene rings is 1. The van der Waals surface area contributed by atoms with Crippen LogP contribution in [0.15, 0.2) is 41.3 Å². The number of hydrogen-bond acceptors (Lipinski definition) is 3. The highest BCUT2D eigenvalue weighted by Gasteiger charge is 2.20. The summed E-state index contributed by atoms with van der Waals surface area (Å²) in [5.74, 6) is -1.07. The molecule has 1 N–H and O–H groups in total. The smallest absolute Gasteiger partial charge is 0.338 e. The molecule has 1 aromatic heterocycles.